The first kappa shape index (κ1) is 12.4. The Bertz CT molecular complexity index is 215. The van der Waals surface area contributed by atoms with Crippen molar-refractivity contribution in [1.82, 2.24) is 4.90 Å². The molecule has 0 radical (unpaired) electrons. The Morgan fingerprint density at radius 2 is 1.88 bits per heavy atom. The van der Waals surface area contributed by atoms with Crippen LogP contribution in [0.4, 0.5) is 0 Å². The second-order valence-electron chi connectivity index (χ2n) is 6.19. The largest absolute Gasteiger partial charge is 0.390 e. The Labute approximate surface area is 100 Å². The van der Waals surface area contributed by atoms with Crippen molar-refractivity contribution in [1.29, 1.82) is 0 Å². The third kappa shape index (κ3) is 2.98. The van der Waals surface area contributed by atoms with Gasteiger partial charge in [0.2, 0.25) is 0 Å². The molecule has 1 heterocycles. The van der Waals surface area contributed by atoms with Gasteiger partial charge in [-0.05, 0) is 77.8 Å². The normalized spacial score (nSPS) is 27.0. The van der Waals surface area contributed by atoms with E-state index >= 15 is 0 Å². The predicted molar refractivity (Wildman–Crippen MR) is 67.5 cm³/mol. The third-order valence-electron chi connectivity index (χ3n) is 4.68. The quantitative estimate of drug-likeness (QED) is 0.795. The lowest BCUT2D eigenvalue weighted by molar-refractivity contribution is -0.0464. The first-order valence-corrected chi connectivity index (χ1v) is 7.05. The summed E-state index contributed by atoms with van der Waals surface area (Å²) in [5.41, 5.74) is -0.255. The molecule has 2 rings (SSSR count). The van der Waals surface area contributed by atoms with E-state index in [9.17, 15) is 5.11 Å². The smallest absolute Gasteiger partial charge is 0.0648 e. The zero-order chi connectivity index (χ0) is 11.6. The lowest BCUT2D eigenvalue weighted by Crippen LogP contribution is -2.40. The molecule has 2 heteroatoms. The number of rotatable bonds is 4. The van der Waals surface area contributed by atoms with E-state index < -0.39 is 0 Å². The molecule has 94 valence electrons. The number of likely N-dealkylation sites (tertiary alicyclic amines) is 1. The van der Waals surface area contributed by atoms with E-state index in [2.05, 4.69) is 18.7 Å². The van der Waals surface area contributed by atoms with Crippen molar-refractivity contribution in [3.8, 4) is 0 Å². The van der Waals surface area contributed by atoms with Gasteiger partial charge in [-0.25, -0.2) is 0 Å². The van der Waals surface area contributed by atoms with Crippen LogP contribution in [0.1, 0.15) is 58.8 Å². The minimum Gasteiger partial charge on any atom is -0.390 e. The Kier molecular flexibility index (Phi) is 3.91. The lowest BCUT2D eigenvalue weighted by atomic mass is 9.75. The third-order valence-corrected chi connectivity index (χ3v) is 4.68. The summed E-state index contributed by atoms with van der Waals surface area (Å²) in [6.45, 7) is 7.11. The molecule has 1 saturated heterocycles. The van der Waals surface area contributed by atoms with Gasteiger partial charge >= 0.3 is 0 Å². The summed E-state index contributed by atoms with van der Waals surface area (Å²) in [5.74, 6) is 0.875. The zero-order valence-electron chi connectivity index (χ0n) is 10.9. The lowest BCUT2D eigenvalue weighted by Gasteiger charge is -2.39. The second-order valence-corrected chi connectivity index (χ2v) is 6.19. The van der Waals surface area contributed by atoms with Crippen molar-refractivity contribution in [3.63, 3.8) is 0 Å². The van der Waals surface area contributed by atoms with E-state index in [4.69, 9.17) is 0 Å². The summed E-state index contributed by atoms with van der Waals surface area (Å²) in [5, 5.41) is 10.1. The highest BCUT2D eigenvalue weighted by Gasteiger charge is 2.34. The molecule has 1 N–H and O–H groups in total. The molecule has 1 aliphatic carbocycles. The van der Waals surface area contributed by atoms with Gasteiger partial charge in [-0.1, -0.05) is 0 Å². The molecule has 2 aliphatic rings. The van der Waals surface area contributed by atoms with E-state index in [0.29, 0.717) is 6.04 Å². The van der Waals surface area contributed by atoms with Gasteiger partial charge in [0.15, 0.2) is 0 Å². The minimum atomic E-state index is -0.255. The molecule has 1 aliphatic heterocycles. The molecule has 16 heavy (non-hydrogen) atoms. The molecule has 0 aromatic heterocycles. The molecule has 0 aromatic carbocycles. The second kappa shape index (κ2) is 5.05. The van der Waals surface area contributed by atoms with Crippen LogP contribution in [0.5, 0.6) is 0 Å². The van der Waals surface area contributed by atoms with Crippen LogP contribution in [0, 0.1) is 5.92 Å². The monoisotopic (exact) mass is 225 g/mol. The number of piperidine rings is 1. The Hall–Kier alpha value is -0.0800. The summed E-state index contributed by atoms with van der Waals surface area (Å²) in [6.07, 6.45) is 8.34. The Morgan fingerprint density at radius 3 is 2.31 bits per heavy atom. The van der Waals surface area contributed by atoms with E-state index in [1.54, 1.807) is 0 Å². The van der Waals surface area contributed by atoms with E-state index in [1.807, 2.05) is 0 Å². The standard InChI is InChI=1S/C14H27NO/c1-12(2)15-10-5-13(6-11-15)4-9-14(16)7-3-8-14/h12-13,16H,3-11H2,1-2H3. The molecule has 2 fully saturated rings. The maximum absolute atomic E-state index is 10.1. The number of aliphatic hydroxyl groups is 1. The van der Waals surface area contributed by atoms with Crippen LogP contribution < -0.4 is 0 Å². The zero-order valence-corrected chi connectivity index (χ0v) is 10.9. The molecule has 0 atom stereocenters. The highest BCUT2D eigenvalue weighted by atomic mass is 16.3. The van der Waals surface area contributed by atoms with Crippen LogP contribution in [-0.2, 0) is 0 Å². The Morgan fingerprint density at radius 1 is 1.25 bits per heavy atom. The van der Waals surface area contributed by atoms with Gasteiger partial charge in [0.05, 0.1) is 5.60 Å². The Balaban J connectivity index is 1.65. The van der Waals surface area contributed by atoms with Crippen molar-refractivity contribution in [2.45, 2.75) is 70.4 Å². The molecule has 0 aromatic rings. The summed E-state index contributed by atoms with van der Waals surface area (Å²) >= 11 is 0. The van der Waals surface area contributed by atoms with Gasteiger partial charge in [0.25, 0.3) is 0 Å². The van der Waals surface area contributed by atoms with E-state index in [-0.39, 0.29) is 5.60 Å². The molecule has 0 unspecified atom stereocenters. The van der Waals surface area contributed by atoms with Gasteiger partial charge in [-0.3, -0.25) is 0 Å². The van der Waals surface area contributed by atoms with Crippen LogP contribution in [0.2, 0.25) is 0 Å². The van der Waals surface area contributed by atoms with Crippen LogP contribution in [0.15, 0.2) is 0 Å². The van der Waals surface area contributed by atoms with Crippen LogP contribution >= 0.6 is 0 Å². The summed E-state index contributed by atoms with van der Waals surface area (Å²) < 4.78 is 0. The average molecular weight is 225 g/mol. The SMILES string of the molecule is CC(C)N1CCC(CCC2(O)CCC2)CC1. The molecule has 0 amide bonds. The number of hydrogen-bond donors (Lipinski definition) is 1. The average Bonchev–Trinajstić information content (AvgIpc) is 2.24. The van der Waals surface area contributed by atoms with Gasteiger partial charge in [-0.2, -0.15) is 0 Å². The van der Waals surface area contributed by atoms with E-state index in [0.717, 1.165) is 25.2 Å². The van der Waals surface area contributed by atoms with Crippen molar-refractivity contribution in [2.24, 2.45) is 5.92 Å². The first-order valence-electron chi connectivity index (χ1n) is 7.05. The van der Waals surface area contributed by atoms with E-state index in [1.165, 1.54) is 38.8 Å². The maximum Gasteiger partial charge on any atom is 0.0648 e. The fourth-order valence-electron chi connectivity index (χ4n) is 3.07. The van der Waals surface area contributed by atoms with Crippen molar-refractivity contribution in [3.05, 3.63) is 0 Å². The fourth-order valence-corrected chi connectivity index (χ4v) is 3.07. The predicted octanol–water partition coefficient (Wildman–Crippen LogP) is 2.80. The minimum absolute atomic E-state index is 0.255. The fraction of sp³-hybridized carbons (Fsp3) is 1.00. The maximum atomic E-state index is 10.1. The summed E-state index contributed by atoms with van der Waals surface area (Å²) in [6, 6.07) is 0.705. The molecule has 2 nitrogen and oxygen atoms in total. The topological polar surface area (TPSA) is 23.5 Å². The number of nitrogens with zero attached hydrogens (tertiary/aromatic N) is 1. The van der Waals surface area contributed by atoms with Gasteiger partial charge in [-0.15, -0.1) is 0 Å². The van der Waals surface area contributed by atoms with Gasteiger partial charge in [0, 0.05) is 6.04 Å². The van der Waals surface area contributed by atoms with Crippen molar-refractivity contribution < 1.29 is 5.11 Å². The first-order chi connectivity index (χ1) is 7.59. The van der Waals surface area contributed by atoms with Gasteiger partial charge < -0.3 is 10.0 Å². The van der Waals surface area contributed by atoms with Gasteiger partial charge in [0.1, 0.15) is 0 Å². The summed E-state index contributed by atoms with van der Waals surface area (Å²) in [4.78, 5) is 2.58. The van der Waals surface area contributed by atoms with Crippen LogP contribution in [0.25, 0.3) is 0 Å². The molecule has 0 spiro atoms. The number of hydrogen-bond acceptors (Lipinski definition) is 2. The van der Waals surface area contributed by atoms with Crippen molar-refractivity contribution in [2.75, 3.05) is 13.1 Å². The molecule has 0 bridgehead atoms. The van der Waals surface area contributed by atoms with Crippen LogP contribution in [0.3, 0.4) is 0 Å². The molecular formula is C14H27NO. The molecular weight excluding hydrogens is 198 g/mol. The van der Waals surface area contributed by atoms with Crippen molar-refractivity contribution >= 4 is 0 Å². The molecule has 1 saturated carbocycles. The summed E-state index contributed by atoms with van der Waals surface area (Å²) in [7, 11) is 0. The van der Waals surface area contributed by atoms with Crippen LogP contribution in [-0.4, -0.2) is 34.7 Å². The highest BCUT2D eigenvalue weighted by molar-refractivity contribution is 4.88. The highest BCUT2D eigenvalue weighted by Crippen LogP contribution is 2.37.